The average Bonchev–Trinajstić information content (AvgIpc) is 2.98. The molecule has 3 rings (SSSR count). The minimum Gasteiger partial charge on any atom is -0.348 e. The van der Waals surface area contributed by atoms with E-state index in [1.54, 1.807) is 0 Å². The molecule has 0 unspecified atom stereocenters. The Morgan fingerprint density at radius 1 is 1.16 bits per heavy atom. The van der Waals surface area contributed by atoms with Gasteiger partial charge in [0.1, 0.15) is 0 Å². The zero-order chi connectivity index (χ0) is 18.0. The monoisotopic (exact) mass is 347 g/mol. The Bertz CT molecular complexity index is 638. The number of nitrogens with one attached hydrogen (secondary N) is 3. The number of rotatable bonds is 2. The number of aryl methyl sites for hydroxylation is 1. The van der Waals surface area contributed by atoms with Gasteiger partial charge in [0.15, 0.2) is 5.69 Å². The van der Waals surface area contributed by atoms with E-state index in [1.807, 2.05) is 25.7 Å². The third-order valence-corrected chi connectivity index (χ3v) is 4.87. The van der Waals surface area contributed by atoms with E-state index >= 15 is 0 Å². The molecule has 138 valence electrons. The van der Waals surface area contributed by atoms with E-state index < -0.39 is 0 Å². The van der Waals surface area contributed by atoms with Crippen LogP contribution in [0, 0.1) is 0 Å². The number of urea groups is 1. The number of carbonyl (C=O) groups excluding carboxylic acids is 2. The predicted octanol–water partition coefficient (Wildman–Crippen LogP) is 1.99. The van der Waals surface area contributed by atoms with Crippen molar-refractivity contribution in [3.05, 3.63) is 17.0 Å². The quantitative estimate of drug-likeness (QED) is 0.764. The number of nitrogens with zero attached hydrogens (tertiary/aromatic N) is 2. The van der Waals surface area contributed by atoms with Gasteiger partial charge in [-0.2, -0.15) is 5.10 Å². The molecular weight excluding hydrogens is 318 g/mol. The summed E-state index contributed by atoms with van der Waals surface area (Å²) in [5, 5.41) is 13.3. The zero-order valence-corrected chi connectivity index (χ0v) is 15.4. The van der Waals surface area contributed by atoms with Gasteiger partial charge in [-0.3, -0.25) is 9.89 Å². The van der Waals surface area contributed by atoms with Gasteiger partial charge in [0, 0.05) is 35.9 Å². The summed E-state index contributed by atoms with van der Waals surface area (Å²) >= 11 is 0. The van der Waals surface area contributed by atoms with Gasteiger partial charge in [0.25, 0.3) is 5.91 Å². The number of aromatic amines is 1. The molecule has 3 amide bonds. The Morgan fingerprint density at radius 3 is 2.52 bits per heavy atom. The molecule has 7 nitrogen and oxygen atoms in total. The van der Waals surface area contributed by atoms with Gasteiger partial charge in [-0.1, -0.05) is 0 Å². The fourth-order valence-electron chi connectivity index (χ4n) is 3.55. The van der Waals surface area contributed by atoms with E-state index in [0.29, 0.717) is 18.8 Å². The Balaban J connectivity index is 1.51. The molecule has 0 saturated carbocycles. The Labute approximate surface area is 148 Å². The van der Waals surface area contributed by atoms with Crippen molar-refractivity contribution in [2.45, 2.75) is 70.9 Å². The van der Waals surface area contributed by atoms with E-state index in [2.05, 4.69) is 20.8 Å². The topological polar surface area (TPSA) is 90.1 Å². The minimum absolute atomic E-state index is 0.0290. The number of amides is 3. The minimum atomic E-state index is -0.235. The van der Waals surface area contributed by atoms with Crippen molar-refractivity contribution in [1.82, 2.24) is 25.7 Å². The fraction of sp³-hybridized carbons (Fsp3) is 0.722. The largest absolute Gasteiger partial charge is 0.348 e. The van der Waals surface area contributed by atoms with Gasteiger partial charge in [-0.05, 0) is 59.3 Å². The van der Waals surface area contributed by atoms with Gasteiger partial charge in [0.05, 0.1) is 0 Å². The van der Waals surface area contributed by atoms with E-state index in [-0.39, 0.29) is 23.5 Å². The lowest BCUT2D eigenvalue weighted by atomic mass is 9.95. The number of carbonyl (C=O) groups is 2. The van der Waals surface area contributed by atoms with Crippen LogP contribution in [0.4, 0.5) is 4.79 Å². The maximum Gasteiger partial charge on any atom is 0.317 e. The van der Waals surface area contributed by atoms with Gasteiger partial charge >= 0.3 is 6.03 Å². The van der Waals surface area contributed by atoms with Crippen LogP contribution in [0.15, 0.2) is 0 Å². The summed E-state index contributed by atoms with van der Waals surface area (Å²) in [7, 11) is 0. The molecule has 0 radical (unpaired) electrons. The number of hydrogen-bond donors (Lipinski definition) is 3. The first-order valence-corrected chi connectivity index (χ1v) is 9.27. The number of likely N-dealkylation sites (tertiary alicyclic amines) is 1. The third-order valence-electron chi connectivity index (χ3n) is 4.87. The van der Waals surface area contributed by atoms with Crippen molar-refractivity contribution in [2.24, 2.45) is 0 Å². The van der Waals surface area contributed by atoms with E-state index in [0.717, 1.165) is 49.8 Å². The van der Waals surface area contributed by atoms with E-state index in [9.17, 15) is 9.59 Å². The van der Waals surface area contributed by atoms with Crippen molar-refractivity contribution in [3.8, 4) is 0 Å². The van der Waals surface area contributed by atoms with Crippen molar-refractivity contribution in [2.75, 3.05) is 13.1 Å². The van der Waals surface area contributed by atoms with Crippen LogP contribution in [0.25, 0.3) is 0 Å². The molecule has 1 aliphatic heterocycles. The molecule has 1 aromatic rings. The summed E-state index contributed by atoms with van der Waals surface area (Å²) < 4.78 is 0. The number of H-pyrrole nitrogens is 1. The summed E-state index contributed by atoms with van der Waals surface area (Å²) in [5.74, 6) is -0.0861. The molecule has 1 fully saturated rings. The van der Waals surface area contributed by atoms with Gasteiger partial charge in [-0.25, -0.2) is 4.79 Å². The summed E-state index contributed by atoms with van der Waals surface area (Å²) in [6.45, 7) is 7.24. The predicted molar refractivity (Wildman–Crippen MR) is 95.6 cm³/mol. The second kappa shape index (κ2) is 7.06. The maximum absolute atomic E-state index is 12.6. The lowest BCUT2D eigenvalue weighted by Gasteiger charge is -2.34. The standard InChI is InChI=1S/C18H29N5O2/c1-18(2,3)20-17(25)23-10-8-12(9-11-23)19-16(24)15-13-6-4-5-7-14(13)21-22-15/h12H,4-11H2,1-3H3,(H,19,24)(H,20,25)(H,21,22). The van der Waals surface area contributed by atoms with Crippen molar-refractivity contribution in [3.63, 3.8) is 0 Å². The average molecular weight is 347 g/mol. The van der Waals surface area contributed by atoms with Crippen LogP contribution >= 0.6 is 0 Å². The van der Waals surface area contributed by atoms with Crippen LogP contribution in [-0.2, 0) is 12.8 Å². The summed E-state index contributed by atoms with van der Waals surface area (Å²) in [6, 6.07) is 0.0702. The molecule has 0 bridgehead atoms. The molecule has 1 saturated heterocycles. The van der Waals surface area contributed by atoms with Crippen LogP contribution < -0.4 is 10.6 Å². The molecular formula is C18H29N5O2. The molecule has 0 spiro atoms. The highest BCUT2D eigenvalue weighted by molar-refractivity contribution is 5.94. The second-order valence-corrected chi connectivity index (χ2v) is 8.15. The summed E-state index contributed by atoms with van der Waals surface area (Å²) in [4.78, 5) is 26.6. The van der Waals surface area contributed by atoms with Crippen molar-refractivity contribution in [1.29, 1.82) is 0 Å². The molecule has 2 heterocycles. The summed E-state index contributed by atoms with van der Waals surface area (Å²) in [6.07, 6.45) is 5.74. The maximum atomic E-state index is 12.6. The van der Waals surface area contributed by atoms with Crippen molar-refractivity contribution < 1.29 is 9.59 Å². The van der Waals surface area contributed by atoms with Crippen LogP contribution in [0.5, 0.6) is 0 Å². The SMILES string of the molecule is CC(C)(C)NC(=O)N1CCC(NC(=O)c2n[nH]c3c2CCCC3)CC1. The molecule has 7 heteroatoms. The molecule has 2 aliphatic rings. The second-order valence-electron chi connectivity index (χ2n) is 8.15. The number of fused-ring (bicyclic) bond motifs is 1. The van der Waals surface area contributed by atoms with E-state index in [1.165, 1.54) is 0 Å². The Morgan fingerprint density at radius 2 is 1.84 bits per heavy atom. The fourth-order valence-corrected chi connectivity index (χ4v) is 3.55. The normalized spacial score (nSPS) is 18.6. The molecule has 3 N–H and O–H groups in total. The first-order chi connectivity index (χ1) is 11.8. The van der Waals surface area contributed by atoms with E-state index in [4.69, 9.17) is 0 Å². The molecule has 1 aromatic heterocycles. The third kappa shape index (κ3) is 4.32. The van der Waals surface area contributed by atoms with Gasteiger partial charge in [-0.15, -0.1) is 0 Å². The smallest absolute Gasteiger partial charge is 0.317 e. The summed E-state index contributed by atoms with van der Waals surface area (Å²) in [5.41, 5.74) is 2.53. The van der Waals surface area contributed by atoms with Gasteiger partial charge < -0.3 is 15.5 Å². The Kier molecular flexibility index (Phi) is 5.01. The zero-order valence-electron chi connectivity index (χ0n) is 15.4. The number of hydrogen-bond acceptors (Lipinski definition) is 3. The first-order valence-electron chi connectivity index (χ1n) is 9.27. The van der Waals surface area contributed by atoms with Crippen molar-refractivity contribution >= 4 is 11.9 Å². The van der Waals surface area contributed by atoms with Crippen LogP contribution in [-0.4, -0.2) is 51.7 Å². The highest BCUT2D eigenvalue weighted by atomic mass is 16.2. The molecule has 0 atom stereocenters. The van der Waals surface area contributed by atoms with Crippen LogP contribution in [0.2, 0.25) is 0 Å². The van der Waals surface area contributed by atoms with Gasteiger partial charge in [0.2, 0.25) is 0 Å². The first kappa shape index (κ1) is 17.8. The number of aromatic nitrogens is 2. The molecule has 1 aliphatic carbocycles. The Hall–Kier alpha value is -2.05. The highest BCUT2D eigenvalue weighted by Gasteiger charge is 2.28. The lowest BCUT2D eigenvalue weighted by Crippen LogP contribution is -2.53. The highest BCUT2D eigenvalue weighted by Crippen LogP contribution is 2.22. The molecule has 0 aromatic carbocycles. The van der Waals surface area contributed by atoms with Crippen LogP contribution in [0.3, 0.4) is 0 Å². The lowest BCUT2D eigenvalue weighted by molar-refractivity contribution is 0.0911. The van der Waals surface area contributed by atoms with Crippen LogP contribution in [0.1, 0.15) is 68.2 Å². The number of piperidine rings is 1. The molecule has 25 heavy (non-hydrogen) atoms.